The molecule has 5 heteroatoms. The molecule has 0 radical (unpaired) electrons. The quantitative estimate of drug-likeness (QED) is 0.730. The van der Waals surface area contributed by atoms with Crippen molar-refractivity contribution in [2.24, 2.45) is 11.7 Å². The van der Waals surface area contributed by atoms with E-state index in [1.165, 1.54) is 4.90 Å². The minimum Gasteiger partial charge on any atom is -0.329 e. The average molecular weight is 202 g/mol. The highest BCUT2D eigenvalue weighted by molar-refractivity contribution is 8.15. The van der Waals surface area contributed by atoms with Crippen LogP contribution in [0.25, 0.3) is 0 Å². The number of hydrogen-bond donors (Lipinski definition) is 1. The maximum Gasteiger partial charge on any atom is 0.289 e. The molecular weight excluding hydrogens is 188 g/mol. The molecule has 2 amide bonds. The fraction of sp³-hybridized carbons (Fsp3) is 0.750. The van der Waals surface area contributed by atoms with E-state index >= 15 is 0 Å². The van der Waals surface area contributed by atoms with Crippen molar-refractivity contribution in [1.82, 2.24) is 4.90 Å². The molecule has 0 aromatic rings. The first-order valence-corrected chi connectivity index (χ1v) is 5.18. The Morgan fingerprint density at radius 2 is 2.15 bits per heavy atom. The number of carbonyl (C=O) groups is 2. The van der Waals surface area contributed by atoms with E-state index in [1.807, 2.05) is 13.8 Å². The highest BCUT2D eigenvalue weighted by Gasteiger charge is 2.40. The van der Waals surface area contributed by atoms with Crippen LogP contribution in [0.4, 0.5) is 4.79 Å². The monoisotopic (exact) mass is 202 g/mol. The largest absolute Gasteiger partial charge is 0.329 e. The number of amides is 2. The minimum absolute atomic E-state index is 0.0875. The molecule has 1 aliphatic rings. The molecule has 1 aliphatic heterocycles. The van der Waals surface area contributed by atoms with Crippen LogP contribution >= 0.6 is 11.8 Å². The molecule has 74 valence electrons. The SMILES string of the molecule is CC(C)C1SC(=O)N(CCN)C1=O. The first-order valence-electron chi connectivity index (χ1n) is 4.30. The van der Waals surface area contributed by atoms with E-state index in [9.17, 15) is 9.59 Å². The van der Waals surface area contributed by atoms with Gasteiger partial charge in [-0.25, -0.2) is 0 Å². The zero-order valence-corrected chi connectivity index (χ0v) is 8.63. The second-order valence-electron chi connectivity index (χ2n) is 3.33. The van der Waals surface area contributed by atoms with Crippen LogP contribution in [-0.4, -0.2) is 34.4 Å². The molecule has 0 spiro atoms. The lowest BCUT2D eigenvalue weighted by atomic mass is 10.1. The summed E-state index contributed by atoms with van der Waals surface area (Å²) >= 11 is 1.11. The number of imide groups is 1. The summed E-state index contributed by atoms with van der Waals surface area (Å²) in [5.41, 5.74) is 5.30. The highest BCUT2D eigenvalue weighted by atomic mass is 32.2. The van der Waals surface area contributed by atoms with Crippen LogP contribution in [0.5, 0.6) is 0 Å². The summed E-state index contributed by atoms with van der Waals surface area (Å²) in [4.78, 5) is 24.1. The first kappa shape index (κ1) is 10.5. The van der Waals surface area contributed by atoms with Crippen LogP contribution < -0.4 is 5.73 Å². The fourth-order valence-electron chi connectivity index (χ4n) is 1.22. The molecule has 1 rings (SSSR count). The first-order chi connectivity index (χ1) is 6.07. The van der Waals surface area contributed by atoms with Gasteiger partial charge in [0.1, 0.15) is 0 Å². The third kappa shape index (κ3) is 2.03. The molecule has 4 nitrogen and oxygen atoms in total. The molecule has 1 heterocycles. The summed E-state index contributed by atoms with van der Waals surface area (Å²) in [6.07, 6.45) is 0. The Morgan fingerprint density at radius 3 is 2.54 bits per heavy atom. The predicted molar refractivity (Wildman–Crippen MR) is 52.4 cm³/mol. The molecule has 1 saturated heterocycles. The Hall–Kier alpha value is -0.550. The molecule has 1 atom stereocenters. The molecule has 0 saturated carbocycles. The van der Waals surface area contributed by atoms with Gasteiger partial charge in [-0.1, -0.05) is 25.6 Å². The smallest absolute Gasteiger partial charge is 0.289 e. The molecule has 0 bridgehead atoms. The van der Waals surface area contributed by atoms with Crippen LogP contribution in [0.2, 0.25) is 0 Å². The molecular formula is C8H14N2O2S. The van der Waals surface area contributed by atoms with Crippen molar-refractivity contribution in [1.29, 1.82) is 0 Å². The highest BCUT2D eigenvalue weighted by Crippen LogP contribution is 2.31. The van der Waals surface area contributed by atoms with Gasteiger partial charge in [-0.05, 0) is 5.92 Å². The number of rotatable bonds is 3. The topological polar surface area (TPSA) is 63.4 Å². The van der Waals surface area contributed by atoms with Gasteiger partial charge in [0.05, 0.1) is 5.25 Å². The van der Waals surface area contributed by atoms with Gasteiger partial charge >= 0.3 is 0 Å². The second kappa shape index (κ2) is 4.11. The maximum atomic E-state index is 11.6. The van der Waals surface area contributed by atoms with E-state index < -0.39 is 0 Å². The summed E-state index contributed by atoms with van der Waals surface area (Å²) < 4.78 is 0. The molecule has 0 aromatic heterocycles. The van der Waals surface area contributed by atoms with Gasteiger partial charge in [0, 0.05) is 13.1 Å². The van der Waals surface area contributed by atoms with Crippen molar-refractivity contribution in [3.05, 3.63) is 0 Å². The molecule has 13 heavy (non-hydrogen) atoms. The third-order valence-electron chi connectivity index (χ3n) is 1.92. The normalized spacial score (nSPS) is 23.4. The summed E-state index contributed by atoms with van der Waals surface area (Å²) in [7, 11) is 0. The van der Waals surface area contributed by atoms with E-state index in [0.717, 1.165) is 11.8 Å². The van der Waals surface area contributed by atoms with Crippen LogP contribution in [0.1, 0.15) is 13.8 Å². The van der Waals surface area contributed by atoms with Crippen molar-refractivity contribution in [2.75, 3.05) is 13.1 Å². The van der Waals surface area contributed by atoms with Gasteiger partial charge in [-0.3, -0.25) is 14.5 Å². The number of nitrogens with two attached hydrogens (primary N) is 1. The van der Waals surface area contributed by atoms with Crippen molar-refractivity contribution in [3.8, 4) is 0 Å². The van der Waals surface area contributed by atoms with Crippen molar-refractivity contribution >= 4 is 22.9 Å². The Bertz CT molecular complexity index is 230. The Balaban J connectivity index is 2.69. The van der Waals surface area contributed by atoms with E-state index in [0.29, 0.717) is 13.1 Å². The number of carbonyl (C=O) groups excluding carboxylic acids is 2. The Kier molecular flexibility index (Phi) is 3.33. The molecule has 0 aromatic carbocycles. The fourth-order valence-corrected chi connectivity index (χ4v) is 2.24. The second-order valence-corrected chi connectivity index (χ2v) is 4.42. The zero-order valence-electron chi connectivity index (χ0n) is 7.82. The van der Waals surface area contributed by atoms with E-state index in [2.05, 4.69) is 0 Å². The summed E-state index contributed by atoms with van der Waals surface area (Å²) in [5, 5.41) is -0.367. The van der Waals surface area contributed by atoms with Crippen LogP contribution in [-0.2, 0) is 4.79 Å². The maximum absolute atomic E-state index is 11.6. The van der Waals surface area contributed by atoms with Gasteiger partial charge in [-0.2, -0.15) is 0 Å². The standard InChI is InChI=1S/C8H14N2O2S/c1-5(2)6-7(11)10(4-3-9)8(12)13-6/h5-6H,3-4,9H2,1-2H3. The van der Waals surface area contributed by atoms with Gasteiger partial charge in [0.15, 0.2) is 0 Å². The Morgan fingerprint density at radius 1 is 1.54 bits per heavy atom. The summed E-state index contributed by atoms with van der Waals surface area (Å²) in [6.45, 7) is 4.56. The van der Waals surface area contributed by atoms with Gasteiger partial charge in [0.25, 0.3) is 5.24 Å². The summed E-state index contributed by atoms with van der Waals surface area (Å²) in [6, 6.07) is 0. The minimum atomic E-state index is -0.209. The van der Waals surface area contributed by atoms with E-state index in [-0.39, 0.29) is 22.3 Å². The number of nitrogens with zero attached hydrogens (tertiary/aromatic N) is 1. The van der Waals surface area contributed by atoms with E-state index in [1.54, 1.807) is 0 Å². The van der Waals surface area contributed by atoms with Crippen LogP contribution in [0.3, 0.4) is 0 Å². The van der Waals surface area contributed by atoms with Gasteiger partial charge in [0.2, 0.25) is 5.91 Å². The molecule has 0 aliphatic carbocycles. The molecule has 1 unspecified atom stereocenters. The number of thioether (sulfide) groups is 1. The zero-order chi connectivity index (χ0) is 10.0. The van der Waals surface area contributed by atoms with Crippen molar-refractivity contribution in [2.45, 2.75) is 19.1 Å². The Labute approximate surface area is 81.8 Å². The third-order valence-corrected chi connectivity index (χ3v) is 3.34. The van der Waals surface area contributed by atoms with Crippen LogP contribution in [0.15, 0.2) is 0 Å². The van der Waals surface area contributed by atoms with Gasteiger partial charge < -0.3 is 5.73 Å². The number of hydrogen-bond acceptors (Lipinski definition) is 4. The summed E-state index contributed by atoms with van der Waals surface area (Å²) in [5.74, 6) is 0.111. The van der Waals surface area contributed by atoms with Crippen molar-refractivity contribution < 1.29 is 9.59 Å². The lowest BCUT2D eigenvalue weighted by Gasteiger charge is -2.13. The average Bonchev–Trinajstić information content (AvgIpc) is 2.32. The van der Waals surface area contributed by atoms with Crippen LogP contribution in [0, 0.1) is 5.92 Å². The predicted octanol–water partition coefficient (Wildman–Crippen LogP) is 0.665. The van der Waals surface area contributed by atoms with Gasteiger partial charge in [-0.15, -0.1) is 0 Å². The van der Waals surface area contributed by atoms with E-state index in [4.69, 9.17) is 5.73 Å². The lowest BCUT2D eigenvalue weighted by molar-refractivity contribution is -0.127. The van der Waals surface area contributed by atoms with Crippen molar-refractivity contribution in [3.63, 3.8) is 0 Å². The molecule has 1 fully saturated rings. The molecule has 2 N–H and O–H groups in total. The lowest BCUT2D eigenvalue weighted by Crippen LogP contribution is -2.36.